The molecule has 0 amide bonds. The van der Waals surface area contributed by atoms with Gasteiger partial charge in [-0.1, -0.05) is 36.4 Å². The van der Waals surface area contributed by atoms with E-state index in [1.165, 1.54) is 0 Å². The van der Waals surface area contributed by atoms with Crippen molar-refractivity contribution in [2.75, 3.05) is 0 Å². The van der Waals surface area contributed by atoms with Crippen LogP contribution in [0.25, 0.3) is 44.3 Å². The van der Waals surface area contributed by atoms with Gasteiger partial charge in [0.1, 0.15) is 15.3 Å². The van der Waals surface area contributed by atoms with E-state index in [2.05, 4.69) is 32.1 Å². The molecule has 0 aliphatic rings. The van der Waals surface area contributed by atoms with Crippen molar-refractivity contribution in [3.8, 4) is 22.5 Å². The summed E-state index contributed by atoms with van der Waals surface area (Å²) in [6, 6.07) is 34.3. The monoisotopic (exact) mass is 619 g/mol. The zero-order chi connectivity index (χ0) is 23.8. The van der Waals surface area contributed by atoms with Crippen LogP contribution in [0.1, 0.15) is 13.9 Å². The predicted octanol–water partition coefficient (Wildman–Crippen LogP) is 6.10. The second-order valence-electron chi connectivity index (χ2n) is 7.73. The van der Waals surface area contributed by atoms with Gasteiger partial charge in [-0.05, 0) is 40.7 Å². The molecule has 4 nitrogen and oxygen atoms in total. The van der Waals surface area contributed by atoms with Gasteiger partial charge in [0.05, 0.1) is 11.0 Å². The Morgan fingerprint density at radius 2 is 1.03 bits per heavy atom. The largest absolute Gasteiger partial charge is 2.00 e. The first-order valence-electron chi connectivity index (χ1n) is 11.6. The van der Waals surface area contributed by atoms with Crippen LogP contribution in [0.2, 0.25) is 0 Å². The summed E-state index contributed by atoms with van der Waals surface area (Å²) >= 11 is 0. The van der Waals surface area contributed by atoms with Crippen LogP contribution in [0.15, 0.2) is 97.5 Å². The Labute approximate surface area is 214 Å². The van der Waals surface area contributed by atoms with E-state index in [-0.39, 0.29) is 33.7 Å². The molecular weight excluding hydrogens is 599 g/mol. The number of para-hydroxylation sites is 2. The number of hydrogen-bond acceptors (Lipinski definition) is 4. The molecule has 0 aliphatic heterocycles. The third kappa shape index (κ3) is 4.25. The fraction of sp³-hybridized carbons (Fsp3) is 0.0345. The van der Waals surface area contributed by atoms with Crippen LogP contribution in [0.3, 0.4) is 0 Å². The third-order valence-corrected chi connectivity index (χ3v) is 5.59. The Morgan fingerprint density at radius 3 is 1.53 bits per heavy atom. The molecule has 0 N–H and O–H groups in total. The van der Waals surface area contributed by atoms with Crippen molar-refractivity contribution in [3.63, 3.8) is 0 Å². The average Bonchev–Trinajstić information content (AvgIpc) is 2.88. The van der Waals surface area contributed by atoms with Gasteiger partial charge in [0, 0.05) is 0 Å². The summed E-state index contributed by atoms with van der Waals surface area (Å²) in [5, 5.41) is 1.79. The van der Waals surface area contributed by atoms with Gasteiger partial charge in [-0.2, -0.15) is 0 Å². The van der Waals surface area contributed by atoms with Crippen molar-refractivity contribution < 1.29 is 23.8 Å². The molecule has 0 radical (unpaired) electrons. The number of hydrogen-bond donors (Lipinski definition) is 0. The Bertz CT molecular complexity index is 1590. The molecule has 0 saturated heterocycles. The van der Waals surface area contributed by atoms with Gasteiger partial charge in [-0.25, -0.2) is 9.97 Å². The van der Waals surface area contributed by atoms with Crippen LogP contribution in [0.4, 0.5) is 0 Å². The van der Waals surface area contributed by atoms with E-state index < -0.39 is 0 Å². The second-order valence-corrected chi connectivity index (χ2v) is 7.73. The first-order chi connectivity index (χ1) is 17.1. The third-order valence-electron chi connectivity index (χ3n) is 5.59. The molecule has 0 aliphatic carbocycles. The quantitative estimate of drug-likeness (QED) is 0.224. The first kappa shape index (κ1) is 19.7. The summed E-state index contributed by atoms with van der Waals surface area (Å²) in [5.41, 5.74) is 6.52. The number of benzene rings is 4. The van der Waals surface area contributed by atoms with Crippen LogP contribution >= 0.6 is 0 Å². The van der Waals surface area contributed by atoms with E-state index in [4.69, 9.17) is 2.74 Å². The standard InChI is InChI=1S/C29H18N4.Pt/c1-3-13-26-24(11-1)28(32-18-30-26)22-9-5-7-20(16-22)15-21-8-6-10-23(17-21)29-25-12-2-4-14-27(25)31-19-33-29;/h1-14,18-19H,15H2;/q-2;+2/i18D,19D;. The topological polar surface area (TPSA) is 51.6 Å². The van der Waals surface area contributed by atoms with Crippen LogP contribution in [0, 0.1) is 12.1 Å². The normalized spacial score (nSPS) is 11.6. The maximum absolute atomic E-state index is 8.01. The number of rotatable bonds is 4. The van der Waals surface area contributed by atoms with Gasteiger partial charge in [0.25, 0.3) is 0 Å². The van der Waals surface area contributed by atoms with E-state index in [0.29, 0.717) is 17.8 Å². The summed E-state index contributed by atoms with van der Waals surface area (Å²) in [5.74, 6) is 0. The minimum atomic E-state index is -0.00984. The average molecular weight is 620 g/mol. The predicted molar refractivity (Wildman–Crippen MR) is 130 cm³/mol. The number of fused-ring (bicyclic) bond motifs is 2. The van der Waals surface area contributed by atoms with E-state index in [1.807, 2.05) is 84.9 Å². The minimum Gasteiger partial charge on any atom is -0.285 e. The molecule has 164 valence electrons. The van der Waals surface area contributed by atoms with Crippen molar-refractivity contribution in [2.24, 2.45) is 0 Å². The van der Waals surface area contributed by atoms with Crippen molar-refractivity contribution >= 4 is 21.8 Å². The van der Waals surface area contributed by atoms with Crippen molar-refractivity contribution in [1.29, 1.82) is 0 Å². The molecule has 0 fully saturated rings. The molecule has 2 heterocycles. The number of aromatic nitrogens is 4. The Balaban J connectivity index is 0.00000267. The van der Waals surface area contributed by atoms with Gasteiger partial charge in [0.15, 0.2) is 0 Å². The fourth-order valence-corrected chi connectivity index (χ4v) is 4.05. The summed E-state index contributed by atoms with van der Waals surface area (Å²) < 4.78 is 16.0. The van der Waals surface area contributed by atoms with E-state index in [0.717, 1.165) is 44.1 Å². The maximum Gasteiger partial charge on any atom is 2.00 e. The van der Waals surface area contributed by atoms with Gasteiger partial charge in [0.2, 0.25) is 0 Å². The molecule has 0 spiro atoms. The molecule has 0 unspecified atom stereocenters. The molecule has 4 aromatic carbocycles. The molecular formula is C29H18N4Pt. The smallest absolute Gasteiger partial charge is 0.285 e. The van der Waals surface area contributed by atoms with Crippen molar-refractivity contribution in [1.82, 2.24) is 19.9 Å². The zero-order valence-corrected chi connectivity index (χ0v) is 20.2. The van der Waals surface area contributed by atoms with E-state index in [1.54, 1.807) is 0 Å². The Hall–Kier alpha value is -3.75. The molecule has 5 heteroatoms. The zero-order valence-electron chi connectivity index (χ0n) is 19.9. The molecule has 2 aromatic heterocycles. The SMILES string of the molecule is [2H]c1nc(-c2[c-]c(Cc3[c-]c(-c4nc([2H])nc5ccccc45)ccc3)ccc2)c2ccccc2n1.[Pt+2]. The van der Waals surface area contributed by atoms with Gasteiger partial charge in [-0.15, -0.1) is 70.8 Å². The Morgan fingerprint density at radius 1 is 0.559 bits per heavy atom. The van der Waals surface area contributed by atoms with Gasteiger partial charge in [-0.3, -0.25) is 9.97 Å². The van der Waals surface area contributed by atoms with Crippen LogP contribution < -0.4 is 0 Å². The van der Waals surface area contributed by atoms with Crippen LogP contribution in [-0.4, -0.2) is 19.9 Å². The van der Waals surface area contributed by atoms with Crippen LogP contribution in [0.5, 0.6) is 0 Å². The van der Waals surface area contributed by atoms with Gasteiger partial charge >= 0.3 is 21.1 Å². The van der Waals surface area contributed by atoms with E-state index >= 15 is 0 Å². The molecule has 6 aromatic rings. The minimum absolute atomic E-state index is 0. The first-order valence-corrected chi connectivity index (χ1v) is 10.6. The Kier molecular flexibility index (Phi) is 5.57. The molecule has 0 saturated carbocycles. The summed E-state index contributed by atoms with van der Waals surface area (Å²) in [6.07, 6.45) is 0.601. The van der Waals surface area contributed by atoms with Crippen molar-refractivity contribution in [2.45, 2.75) is 6.42 Å². The van der Waals surface area contributed by atoms with Crippen LogP contribution in [-0.2, 0) is 27.5 Å². The molecule has 6 rings (SSSR count). The fourth-order valence-electron chi connectivity index (χ4n) is 4.05. The van der Waals surface area contributed by atoms with Gasteiger partial charge < -0.3 is 0 Å². The molecule has 0 atom stereocenters. The molecule has 0 bridgehead atoms. The summed E-state index contributed by atoms with van der Waals surface area (Å²) in [7, 11) is 0. The number of nitrogens with zero attached hydrogens (tertiary/aromatic N) is 4. The van der Waals surface area contributed by atoms with E-state index in [9.17, 15) is 0 Å². The summed E-state index contributed by atoms with van der Waals surface area (Å²) in [6.45, 7) is 0. The maximum atomic E-state index is 8.01. The van der Waals surface area contributed by atoms with Crippen molar-refractivity contribution in [3.05, 3.63) is 121 Å². The second kappa shape index (κ2) is 9.62. The molecule has 34 heavy (non-hydrogen) atoms. The summed E-state index contributed by atoms with van der Waals surface area (Å²) in [4.78, 5) is 17.3.